The molecule has 6 atom stereocenters. The lowest BCUT2D eigenvalue weighted by molar-refractivity contribution is -0.147. The zero-order valence-corrected chi connectivity index (χ0v) is 25.4. The van der Waals surface area contributed by atoms with Gasteiger partial charge in [0, 0.05) is 12.8 Å². The number of benzene rings is 1. The van der Waals surface area contributed by atoms with Crippen LogP contribution in [-0.4, -0.2) is 92.9 Å². The van der Waals surface area contributed by atoms with Gasteiger partial charge in [0.15, 0.2) is 0 Å². The lowest BCUT2D eigenvalue weighted by Crippen LogP contribution is -2.60. The van der Waals surface area contributed by atoms with Crippen molar-refractivity contribution < 1.29 is 53.7 Å². The normalized spacial score (nSPS) is 14.7. The topological polar surface area (TPSA) is 323 Å². The first kappa shape index (κ1) is 38.8. The highest BCUT2D eigenvalue weighted by Gasteiger charge is 2.35. The zero-order chi connectivity index (χ0) is 35.1. The number of amides is 6. The summed E-state index contributed by atoms with van der Waals surface area (Å²) in [4.78, 5) is 98.0. The molecule has 18 nitrogen and oxygen atoms in total. The molecule has 0 saturated heterocycles. The Labute approximate surface area is 263 Å². The molecule has 0 unspecified atom stereocenters. The van der Waals surface area contributed by atoms with Crippen LogP contribution in [0.25, 0.3) is 0 Å². The van der Waals surface area contributed by atoms with E-state index < -0.39 is 96.4 Å². The largest absolute Gasteiger partial charge is 0.508 e. The lowest BCUT2D eigenvalue weighted by atomic mass is 9.97. The van der Waals surface area contributed by atoms with E-state index in [9.17, 15) is 48.6 Å². The van der Waals surface area contributed by atoms with Gasteiger partial charge in [0.2, 0.25) is 35.4 Å². The molecule has 0 aliphatic rings. The molecule has 0 radical (unpaired) electrons. The van der Waals surface area contributed by atoms with Gasteiger partial charge in [-0.2, -0.15) is 0 Å². The summed E-state index contributed by atoms with van der Waals surface area (Å²) >= 11 is 0. The predicted octanol–water partition coefficient (Wildman–Crippen LogP) is -3.05. The molecule has 254 valence electrons. The fourth-order valence-electron chi connectivity index (χ4n) is 4.06. The zero-order valence-electron chi connectivity index (χ0n) is 25.4. The van der Waals surface area contributed by atoms with E-state index in [2.05, 4.69) is 21.3 Å². The molecule has 46 heavy (non-hydrogen) atoms. The van der Waals surface area contributed by atoms with Gasteiger partial charge in [0.25, 0.3) is 0 Å². The number of carboxylic acid groups (broad SMARTS) is 2. The van der Waals surface area contributed by atoms with Crippen LogP contribution in [0.4, 0.5) is 0 Å². The Balaban J connectivity index is 3.28. The molecular formula is C28H41N7O11. The summed E-state index contributed by atoms with van der Waals surface area (Å²) in [6.45, 7) is 3.21. The van der Waals surface area contributed by atoms with Gasteiger partial charge in [-0.3, -0.25) is 33.6 Å². The summed E-state index contributed by atoms with van der Waals surface area (Å²) in [5.74, 6) is -9.44. The minimum atomic E-state index is -1.81. The number of primary amides is 2. The number of aromatic hydroxyl groups is 1. The predicted molar refractivity (Wildman–Crippen MR) is 159 cm³/mol. The molecule has 0 aliphatic carbocycles. The number of phenols is 1. The Kier molecular flexibility index (Phi) is 15.6. The molecule has 0 bridgehead atoms. The molecule has 1 aromatic carbocycles. The van der Waals surface area contributed by atoms with E-state index in [-0.39, 0.29) is 25.0 Å². The third-order valence-corrected chi connectivity index (χ3v) is 6.87. The molecule has 1 rings (SSSR count). The van der Waals surface area contributed by atoms with Crippen molar-refractivity contribution in [3.05, 3.63) is 29.8 Å². The third kappa shape index (κ3) is 13.6. The van der Waals surface area contributed by atoms with Gasteiger partial charge in [-0.25, -0.2) is 4.79 Å². The monoisotopic (exact) mass is 651 g/mol. The van der Waals surface area contributed by atoms with Gasteiger partial charge in [-0.15, -0.1) is 0 Å². The van der Waals surface area contributed by atoms with Gasteiger partial charge < -0.3 is 53.8 Å². The summed E-state index contributed by atoms with van der Waals surface area (Å²) in [6, 6.07) is -1.96. The van der Waals surface area contributed by atoms with Crippen LogP contribution < -0.4 is 38.5 Å². The van der Waals surface area contributed by atoms with Gasteiger partial charge in [0.05, 0.1) is 18.9 Å². The number of carboxylic acids is 2. The van der Waals surface area contributed by atoms with E-state index in [0.29, 0.717) is 12.0 Å². The van der Waals surface area contributed by atoms with Gasteiger partial charge >= 0.3 is 11.9 Å². The first-order valence-electron chi connectivity index (χ1n) is 14.2. The molecule has 13 N–H and O–H groups in total. The number of rotatable bonds is 20. The van der Waals surface area contributed by atoms with Crippen molar-refractivity contribution in [2.24, 2.45) is 23.1 Å². The number of nitrogens with two attached hydrogens (primary N) is 3. The molecule has 0 aromatic heterocycles. The molecule has 18 heteroatoms. The van der Waals surface area contributed by atoms with Crippen LogP contribution in [0.3, 0.4) is 0 Å². The van der Waals surface area contributed by atoms with Crippen LogP contribution in [0.15, 0.2) is 24.3 Å². The highest BCUT2D eigenvalue weighted by molar-refractivity contribution is 5.97. The van der Waals surface area contributed by atoms with Crippen LogP contribution in [0.5, 0.6) is 5.75 Å². The summed E-state index contributed by atoms with van der Waals surface area (Å²) in [5, 5.41) is 37.1. The summed E-state index contributed by atoms with van der Waals surface area (Å²) in [5.41, 5.74) is 16.7. The molecule has 0 spiro atoms. The van der Waals surface area contributed by atoms with Gasteiger partial charge in [-0.1, -0.05) is 32.4 Å². The average molecular weight is 652 g/mol. The second-order valence-corrected chi connectivity index (χ2v) is 10.6. The third-order valence-electron chi connectivity index (χ3n) is 6.87. The van der Waals surface area contributed by atoms with Crippen LogP contribution >= 0.6 is 0 Å². The first-order valence-corrected chi connectivity index (χ1v) is 14.2. The second-order valence-electron chi connectivity index (χ2n) is 10.6. The maximum Gasteiger partial charge on any atom is 0.326 e. The van der Waals surface area contributed by atoms with E-state index in [1.165, 1.54) is 24.3 Å². The number of carbonyl (C=O) groups is 8. The maximum absolute atomic E-state index is 13.4. The number of nitrogens with one attached hydrogen (secondary N) is 4. The molecule has 0 saturated carbocycles. The maximum atomic E-state index is 13.4. The van der Waals surface area contributed by atoms with E-state index in [1.807, 2.05) is 0 Å². The van der Waals surface area contributed by atoms with E-state index in [1.54, 1.807) is 13.8 Å². The Morgan fingerprint density at radius 1 is 0.739 bits per heavy atom. The quantitative estimate of drug-likeness (QED) is 0.0672. The van der Waals surface area contributed by atoms with Gasteiger partial charge in [0.1, 0.15) is 29.9 Å². The summed E-state index contributed by atoms with van der Waals surface area (Å²) < 4.78 is 0. The van der Waals surface area contributed by atoms with E-state index >= 15 is 0 Å². The van der Waals surface area contributed by atoms with E-state index in [0.717, 1.165) is 0 Å². The molecule has 0 fully saturated rings. The van der Waals surface area contributed by atoms with Crippen molar-refractivity contribution >= 4 is 47.4 Å². The smallest absolute Gasteiger partial charge is 0.326 e. The highest BCUT2D eigenvalue weighted by Crippen LogP contribution is 2.13. The Morgan fingerprint density at radius 2 is 1.28 bits per heavy atom. The number of phenolic OH excluding ortho intramolecular Hbond substituents is 1. The fourth-order valence-corrected chi connectivity index (χ4v) is 4.06. The molecule has 1 aromatic rings. The first-order chi connectivity index (χ1) is 21.4. The summed E-state index contributed by atoms with van der Waals surface area (Å²) in [7, 11) is 0. The molecule has 6 amide bonds. The van der Waals surface area contributed by atoms with Crippen molar-refractivity contribution in [2.45, 2.75) is 82.6 Å². The minimum Gasteiger partial charge on any atom is -0.508 e. The standard InChI is InChI=1S/C28H41N7O11/c1-3-13(2)23(27(44)34-19(28(45)46)12-22(39)40)35-26(43)18(11-21(31)38)33-25(42)17(10-14-4-6-15(36)7-5-14)32-24(41)16(29)8-9-20(30)37/h4-7,13,16-19,23,36H,3,8-12,29H2,1-2H3,(H2,30,37)(H2,31,38)(H,32,41)(H,33,42)(H,34,44)(H,35,43)(H,39,40)(H,45,46)/t13-,16-,17-,18-,19-,23-/m0/s1. The van der Waals surface area contributed by atoms with Crippen LogP contribution in [-0.2, 0) is 44.8 Å². The van der Waals surface area contributed by atoms with Crippen LogP contribution in [0.1, 0.15) is 51.5 Å². The van der Waals surface area contributed by atoms with Crippen molar-refractivity contribution in [3.63, 3.8) is 0 Å². The average Bonchev–Trinajstić information content (AvgIpc) is 2.97. The van der Waals surface area contributed by atoms with Gasteiger partial charge in [-0.05, 0) is 30.0 Å². The number of hydrogen-bond acceptors (Lipinski definition) is 10. The highest BCUT2D eigenvalue weighted by atomic mass is 16.4. The number of hydrogen-bond donors (Lipinski definition) is 10. The van der Waals surface area contributed by atoms with Crippen molar-refractivity contribution in [1.29, 1.82) is 0 Å². The Morgan fingerprint density at radius 3 is 1.78 bits per heavy atom. The Hall–Kier alpha value is -5.26. The number of carbonyl (C=O) groups excluding carboxylic acids is 6. The minimum absolute atomic E-state index is 0.0713. The van der Waals surface area contributed by atoms with Crippen LogP contribution in [0, 0.1) is 5.92 Å². The fraction of sp³-hybridized carbons (Fsp3) is 0.500. The SMILES string of the molecule is CC[C@H](C)[C@H](NC(=O)[C@H](CC(N)=O)NC(=O)[C@H](Cc1ccc(O)cc1)NC(=O)[C@@H](N)CCC(N)=O)C(=O)N[C@@H](CC(=O)O)C(=O)O. The van der Waals surface area contributed by atoms with Crippen LogP contribution in [0.2, 0.25) is 0 Å². The number of aliphatic carboxylic acids is 2. The van der Waals surface area contributed by atoms with Crippen molar-refractivity contribution in [2.75, 3.05) is 0 Å². The summed E-state index contributed by atoms with van der Waals surface area (Å²) in [6.07, 6.45) is -1.92. The molecular weight excluding hydrogens is 610 g/mol. The van der Waals surface area contributed by atoms with Crippen molar-refractivity contribution in [1.82, 2.24) is 21.3 Å². The molecule has 0 heterocycles. The Bertz CT molecular complexity index is 1290. The second kappa shape index (κ2) is 18.5. The lowest BCUT2D eigenvalue weighted by Gasteiger charge is -2.28. The molecule has 0 aliphatic heterocycles. The van der Waals surface area contributed by atoms with Crippen molar-refractivity contribution in [3.8, 4) is 5.75 Å². The van der Waals surface area contributed by atoms with E-state index in [4.69, 9.17) is 22.3 Å².